The fraction of sp³-hybridized carbons (Fsp3) is 0.529. The summed E-state index contributed by atoms with van der Waals surface area (Å²) in [7, 11) is 0. The van der Waals surface area contributed by atoms with E-state index in [1.165, 1.54) is 11.1 Å². The zero-order valence-corrected chi connectivity index (χ0v) is 13.4. The van der Waals surface area contributed by atoms with Gasteiger partial charge >= 0.3 is 0 Å². The molecule has 0 amide bonds. The van der Waals surface area contributed by atoms with Crippen LogP contribution in [-0.2, 0) is 12.8 Å². The molecular weight excluding hydrogens is 262 g/mol. The molecule has 114 valence electrons. The molecule has 2 rings (SSSR count). The highest BCUT2D eigenvalue weighted by atomic mass is 16.5. The first-order chi connectivity index (χ1) is 10.1. The largest absolute Gasteiger partial charge is 0.339 e. The molecule has 4 heteroatoms. The van der Waals surface area contributed by atoms with E-state index >= 15 is 0 Å². The van der Waals surface area contributed by atoms with Gasteiger partial charge in [0.2, 0.25) is 5.89 Å². The number of benzene rings is 1. The Labute approximate surface area is 127 Å². The number of rotatable bonds is 7. The summed E-state index contributed by atoms with van der Waals surface area (Å²) in [5.41, 5.74) is 2.47. The number of nitrogens with one attached hydrogen (secondary N) is 1. The lowest BCUT2D eigenvalue weighted by Crippen LogP contribution is -2.35. The van der Waals surface area contributed by atoms with Crippen molar-refractivity contribution in [1.29, 1.82) is 0 Å². The SMILES string of the molecule is CCNC(Cc1nc(Cc2ccc(C)cc2)no1)C(C)C. The van der Waals surface area contributed by atoms with Crippen LogP contribution >= 0.6 is 0 Å². The summed E-state index contributed by atoms with van der Waals surface area (Å²) in [6.07, 6.45) is 1.50. The van der Waals surface area contributed by atoms with Gasteiger partial charge in [-0.3, -0.25) is 0 Å². The molecule has 0 spiro atoms. The van der Waals surface area contributed by atoms with Crippen LogP contribution in [0.1, 0.15) is 43.6 Å². The van der Waals surface area contributed by atoms with Crippen molar-refractivity contribution in [2.24, 2.45) is 5.92 Å². The minimum Gasteiger partial charge on any atom is -0.339 e. The van der Waals surface area contributed by atoms with Gasteiger partial charge in [-0.2, -0.15) is 4.98 Å². The van der Waals surface area contributed by atoms with E-state index in [0.717, 1.165) is 31.1 Å². The van der Waals surface area contributed by atoms with Gasteiger partial charge in [0, 0.05) is 18.9 Å². The predicted octanol–water partition coefficient (Wildman–Crippen LogP) is 3.15. The maximum Gasteiger partial charge on any atom is 0.228 e. The molecule has 1 atom stereocenters. The van der Waals surface area contributed by atoms with Crippen LogP contribution in [0.15, 0.2) is 28.8 Å². The number of nitrogens with zero attached hydrogens (tertiary/aromatic N) is 2. The molecule has 21 heavy (non-hydrogen) atoms. The number of hydrogen-bond acceptors (Lipinski definition) is 4. The van der Waals surface area contributed by atoms with Gasteiger partial charge < -0.3 is 9.84 Å². The molecule has 0 aliphatic rings. The summed E-state index contributed by atoms with van der Waals surface area (Å²) >= 11 is 0. The van der Waals surface area contributed by atoms with Gasteiger partial charge in [-0.25, -0.2) is 0 Å². The summed E-state index contributed by atoms with van der Waals surface area (Å²) in [6, 6.07) is 8.82. The van der Waals surface area contributed by atoms with Gasteiger partial charge in [0.15, 0.2) is 5.82 Å². The maximum absolute atomic E-state index is 5.39. The van der Waals surface area contributed by atoms with Crippen molar-refractivity contribution < 1.29 is 4.52 Å². The Hall–Kier alpha value is -1.68. The number of aryl methyl sites for hydroxylation is 1. The molecule has 1 heterocycles. The molecule has 1 aromatic carbocycles. The second-order valence-electron chi connectivity index (χ2n) is 5.88. The van der Waals surface area contributed by atoms with Crippen LogP contribution < -0.4 is 5.32 Å². The third-order valence-corrected chi connectivity index (χ3v) is 3.66. The average molecular weight is 287 g/mol. The lowest BCUT2D eigenvalue weighted by molar-refractivity contribution is 0.327. The van der Waals surface area contributed by atoms with Crippen molar-refractivity contribution >= 4 is 0 Å². The van der Waals surface area contributed by atoms with Crippen LogP contribution in [-0.4, -0.2) is 22.7 Å². The topological polar surface area (TPSA) is 51.0 Å². The summed E-state index contributed by atoms with van der Waals surface area (Å²) < 4.78 is 5.39. The Bertz CT molecular complexity index is 545. The third-order valence-electron chi connectivity index (χ3n) is 3.66. The molecular formula is C17H25N3O. The number of likely N-dealkylation sites (N-methyl/N-ethyl adjacent to an activating group) is 1. The van der Waals surface area contributed by atoms with Crippen molar-refractivity contribution in [3.63, 3.8) is 0 Å². The van der Waals surface area contributed by atoms with Crippen molar-refractivity contribution in [2.45, 2.75) is 46.6 Å². The Morgan fingerprint density at radius 2 is 1.90 bits per heavy atom. The van der Waals surface area contributed by atoms with Gasteiger partial charge in [-0.05, 0) is 24.9 Å². The second-order valence-corrected chi connectivity index (χ2v) is 5.88. The van der Waals surface area contributed by atoms with Crippen molar-refractivity contribution in [1.82, 2.24) is 15.5 Å². The summed E-state index contributed by atoms with van der Waals surface area (Å²) in [5, 5.41) is 7.56. The molecule has 1 N–H and O–H groups in total. The quantitative estimate of drug-likeness (QED) is 0.850. The smallest absolute Gasteiger partial charge is 0.228 e. The van der Waals surface area contributed by atoms with Crippen LogP contribution in [0, 0.1) is 12.8 Å². The molecule has 0 bridgehead atoms. The van der Waals surface area contributed by atoms with E-state index < -0.39 is 0 Å². The standard InChI is InChI=1S/C17H25N3O/c1-5-18-15(12(2)3)11-17-19-16(20-21-17)10-14-8-6-13(4)7-9-14/h6-9,12,15,18H,5,10-11H2,1-4H3. The molecule has 0 aliphatic heterocycles. The van der Waals surface area contributed by atoms with Crippen LogP contribution in [0.4, 0.5) is 0 Å². The molecule has 4 nitrogen and oxygen atoms in total. The molecule has 0 aliphatic carbocycles. The monoisotopic (exact) mass is 287 g/mol. The van der Waals surface area contributed by atoms with Crippen LogP contribution in [0.2, 0.25) is 0 Å². The van der Waals surface area contributed by atoms with Gasteiger partial charge in [0.1, 0.15) is 0 Å². The van der Waals surface area contributed by atoms with Crippen molar-refractivity contribution in [3.8, 4) is 0 Å². The van der Waals surface area contributed by atoms with Gasteiger partial charge in [-0.15, -0.1) is 0 Å². The Balaban J connectivity index is 1.99. The number of aromatic nitrogens is 2. The van der Waals surface area contributed by atoms with E-state index in [9.17, 15) is 0 Å². The molecule has 0 saturated heterocycles. The highest BCUT2D eigenvalue weighted by Gasteiger charge is 2.17. The summed E-state index contributed by atoms with van der Waals surface area (Å²) in [4.78, 5) is 4.51. The van der Waals surface area contributed by atoms with Gasteiger partial charge in [0.25, 0.3) is 0 Å². The predicted molar refractivity (Wildman–Crippen MR) is 84.3 cm³/mol. The Morgan fingerprint density at radius 1 is 1.19 bits per heavy atom. The van der Waals surface area contributed by atoms with E-state index in [0.29, 0.717) is 12.0 Å². The minimum atomic E-state index is 0.377. The zero-order chi connectivity index (χ0) is 15.2. The number of hydrogen-bond donors (Lipinski definition) is 1. The van der Waals surface area contributed by atoms with Crippen molar-refractivity contribution in [3.05, 3.63) is 47.1 Å². The normalized spacial score (nSPS) is 12.8. The van der Waals surface area contributed by atoms with E-state index in [-0.39, 0.29) is 0 Å². The highest BCUT2D eigenvalue weighted by Crippen LogP contribution is 2.12. The van der Waals surface area contributed by atoms with Gasteiger partial charge in [-0.1, -0.05) is 55.8 Å². The van der Waals surface area contributed by atoms with Crippen LogP contribution in [0.25, 0.3) is 0 Å². The zero-order valence-electron chi connectivity index (χ0n) is 13.4. The van der Waals surface area contributed by atoms with Gasteiger partial charge in [0.05, 0.1) is 0 Å². The molecule has 0 fully saturated rings. The fourth-order valence-corrected chi connectivity index (χ4v) is 2.33. The fourth-order valence-electron chi connectivity index (χ4n) is 2.33. The average Bonchev–Trinajstić information content (AvgIpc) is 2.88. The van der Waals surface area contributed by atoms with Crippen molar-refractivity contribution in [2.75, 3.05) is 6.54 Å². The van der Waals surface area contributed by atoms with E-state index in [1.54, 1.807) is 0 Å². The lowest BCUT2D eigenvalue weighted by Gasteiger charge is -2.19. The van der Waals surface area contributed by atoms with E-state index in [2.05, 4.69) is 67.4 Å². The molecule has 0 saturated carbocycles. The van der Waals surface area contributed by atoms with Crippen LogP contribution in [0.3, 0.4) is 0 Å². The van der Waals surface area contributed by atoms with E-state index in [1.807, 2.05) is 0 Å². The summed E-state index contributed by atoms with van der Waals surface area (Å²) in [5.74, 6) is 2.02. The molecule has 2 aromatic rings. The third kappa shape index (κ3) is 4.67. The molecule has 1 unspecified atom stereocenters. The first-order valence-electron chi connectivity index (χ1n) is 7.69. The first-order valence-corrected chi connectivity index (χ1v) is 7.69. The maximum atomic E-state index is 5.39. The first kappa shape index (κ1) is 15.7. The minimum absolute atomic E-state index is 0.377. The highest BCUT2D eigenvalue weighted by molar-refractivity contribution is 5.23. The second kappa shape index (κ2) is 7.36. The van der Waals surface area contributed by atoms with E-state index in [4.69, 9.17) is 4.52 Å². The molecule has 0 radical (unpaired) electrons. The Kier molecular flexibility index (Phi) is 5.51. The Morgan fingerprint density at radius 3 is 2.52 bits per heavy atom. The molecule has 1 aromatic heterocycles. The van der Waals surface area contributed by atoms with Crippen LogP contribution in [0.5, 0.6) is 0 Å². The lowest BCUT2D eigenvalue weighted by atomic mass is 10.0. The summed E-state index contributed by atoms with van der Waals surface area (Å²) in [6.45, 7) is 9.57.